The van der Waals surface area contributed by atoms with Crippen molar-refractivity contribution in [1.82, 2.24) is 20.3 Å². The molecule has 1 fully saturated rings. The molecule has 3 heterocycles. The number of nitrogens with two attached hydrogens (primary N) is 1. The normalized spacial score (nSPS) is 28.0. The van der Waals surface area contributed by atoms with Crippen molar-refractivity contribution in [2.75, 3.05) is 12.3 Å². The second-order valence-electron chi connectivity index (χ2n) is 4.96. The first-order chi connectivity index (χ1) is 8.70. The topological polar surface area (TPSA) is 99.8 Å². The van der Waals surface area contributed by atoms with E-state index in [9.17, 15) is 5.11 Å². The molecular formula is C12H17N5O. The molecule has 6 nitrogen and oxygen atoms in total. The van der Waals surface area contributed by atoms with E-state index < -0.39 is 0 Å². The number of fused-ring (bicyclic) bond motifs is 1. The summed E-state index contributed by atoms with van der Waals surface area (Å²) in [6.45, 7) is 2.34. The number of rotatable bonds is 2. The Morgan fingerprint density at radius 1 is 1.50 bits per heavy atom. The summed E-state index contributed by atoms with van der Waals surface area (Å²) in [6.07, 6.45) is 4.39. The van der Waals surface area contributed by atoms with Crippen molar-refractivity contribution in [3.8, 4) is 0 Å². The fourth-order valence-corrected chi connectivity index (χ4v) is 2.81. The van der Waals surface area contributed by atoms with Gasteiger partial charge in [-0.3, -0.25) is 0 Å². The minimum atomic E-state index is 0.161. The molecule has 1 aliphatic heterocycles. The number of hydrogen-bond donors (Lipinski definition) is 4. The zero-order valence-corrected chi connectivity index (χ0v) is 10.2. The highest BCUT2D eigenvalue weighted by Gasteiger charge is 2.33. The molecule has 0 bridgehead atoms. The monoisotopic (exact) mass is 247 g/mol. The van der Waals surface area contributed by atoms with Crippen LogP contribution in [0.1, 0.15) is 24.9 Å². The number of aromatic nitrogens is 3. The van der Waals surface area contributed by atoms with E-state index in [0.717, 1.165) is 23.0 Å². The number of aromatic amines is 1. The summed E-state index contributed by atoms with van der Waals surface area (Å²) < 4.78 is 0. The van der Waals surface area contributed by atoms with Gasteiger partial charge in [0.25, 0.3) is 0 Å². The van der Waals surface area contributed by atoms with Crippen molar-refractivity contribution in [2.24, 2.45) is 5.92 Å². The first kappa shape index (κ1) is 11.4. The average Bonchev–Trinajstić information content (AvgIpc) is 2.93. The van der Waals surface area contributed by atoms with E-state index in [2.05, 4.69) is 27.2 Å². The number of nitrogens with one attached hydrogen (secondary N) is 2. The largest absolute Gasteiger partial charge is 0.395 e. The molecule has 96 valence electrons. The Morgan fingerprint density at radius 2 is 2.33 bits per heavy atom. The summed E-state index contributed by atoms with van der Waals surface area (Å²) >= 11 is 0. The Kier molecular flexibility index (Phi) is 2.68. The molecule has 0 spiro atoms. The van der Waals surface area contributed by atoms with E-state index in [1.165, 1.54) is 6.33 Å². The van der Waals surface area contributed by atoms with Crippen molar-refractivity contribution < 1.29 is 5.11 Å². The third kappa shape index (κ3) is 1.65. The first-order valence-corrected chi connectivity index (χ1v) is 6.15. The Morgan fingerprint density at radius 3 is 3.06 bits per heavy atom. The molecule has 1 aliphatic rings. The van der Waals surface area contributed by atoms with Crippen LogP contribution in [0.3, 0.4) is 0 Å². The van der Waals surface area contributed by atoms with Crippen molar-refractivity contribution in [3.63, 3.8) is 0 Å². The van der Waals surface area contributed by atoms with Crippen molar-refractivity contribution in [2.45, 2.75) is 25.4 Å². The van der Waals surface area contributed by atoms with Crippen LogP contribution >= 0.6 is 0 Å². The summed E-state index contributed by atoms with van der Waals surface area (Å²) in [5.74, 6) is 0.924. The SMILES string of the molecule is C[C@H]1C[C@@H](CO)N[C@H]1c1c[nH]c2c(N)ncnc12. The zero-order chi connectivity index (χ0) is 12.7. The van der Waals surface area contributed by atoms with Gasteiger partial charge in [-0.05, 0) is 12.3 Å². The van der Waals surface area contributed by atoms with Gasteiger partial charge in [-0.15, -0.1) is 0 Å². The molecule has 0 aromatic carbocycles. The van der Waals surface area contributed by atoms with Crippen LogP contribution in [-0.4, -0.2) is 32.7 Å². The van der Waals surface area contributed by atoms with Gasteiger partial charge in [0.15, 0.2) is 5.82 Å². The van der Waals surface area contributed by atoms with Crippen LogP contribution in [0.5, 0.6) is 0 Å². The van der Waals surface area contributed by atoms with Gasteiger partial charge in [0.05, 0.1) is 12.1 Å². The molecule has 5 N–H and O–H groups in total. The smallest absolute Gasteiger partial charge is 0.151 e. The predicted octanol–water partition coefficient (Wildman–Crippen LogP) is 0.571. The van der Waals surface area contributed by atoms with Gasteiger partial charge in [-0.25, -0.2) is 9.97 Å². The van der Waals surface area contributed by atoms with Gasteiger partial charge < -0.3 is 21.1 Å². The fourth-order valence-electron chi connectivity index (χ4n) is 2.81. The van der Waals surface area contributed by atoms with Crippen LogP contribution in [0.25, 0.3) is 11.0 Å². The predicted molar refractivity (Wildman–Crippen MR) is 68.8 cm³/mol. The van der Waals surface area contributed by atoms with Crippen LogP contribution in [0.15, 0.2) is 12.5 Å². The molecule has 0 aliphatic carbocycles. The highest BCUT2D eigenvalue weighted by Crippen LogP contribution is 2.35. The number of nitrogen functional groups attached to an aromatic ring is 1. The second kappa shape index (κ2) is 4.22. The van der Waals surface area contributed by atoms with Crippen molar-refractivity contribution in [3.05, 3.63) is 18.1 Å². The lowest BCUT2D eigenvalue weighted by atomic mass is 9.96. The van der Waals surface area contributed by atoms with E-state index in [1.807, 2.05) is 6.20 Å². The van der Waals surface area contributed by atoms with E-state index in [4.69, 9.17) is 5.73 Å². The maximum absolute atomic E-state index is 9.24. The molecular weight excluding hydrogens is 230 g/mol. The van der Waals surface area contributed by atoms with Gasteiger partial charge in [0, 0.05) is 23.8 Å². The first-order valence-electron chi connectivity index (χ1n) is 6.15. The van der Waals surface area contributed by atoms with E-state index in [1.54, 1.807) is 0 Å². The lowest BCUT2D eigenvalue weighted by Crippen LogP contribution is -2.27. The molecule has 0 amide bonds. The summed E-state index contributed by atoms with van der Waals surface area (Å²) in [4.78, 5) is 11.4. The maximum Gasteiger partial charge on any atom is 0.151 e. The summed E-state index contributed by atoms with van der Waals surface area (Å²) in [5.41, 5.74) is 8.57. The molecule has 0 saturated carbocycles. The van der Waals surface area contributed by atoms with E-state index >= 15 is 0 Å². The van der Waals surface area contributed by atoms with Crippen LogP contribution < -0.4 is 11.1 Å². The number of aliphatic hydroxyl groups excluding tert-OH is 1. The van der Waals surface area contributed by atoms with Crippen LogP contribution in [0.2, 0.25) is 0 Å². The van der Waals surface area contributed by atoms with Gasteiger partial charge in [0.1, 0.15) is 11.8 Å². The summed E-state index contributed by atoms with van der Waals surface area (Å²) in [5, 5.41) is 12.7. The molecule has 3 rings (SSSR count). The zero-order valence-electron chi connectivity index (χ0n) is 10.2. The molecule has 3 atom stereocenters. The Hall–Kier alpha value is -1.66. The molecule has 2 aromatic heterocycles. The maximum atomic E-state index is 9.24. The van der Waals surface area contributed by atoms with Gasteiger partial charge in [-0.2, -0.15) is 0 Å². The van der Waals surface area contributed by atoms with E-state index in [-0.39, 0.29) is 18.7 Å². The van der Waals surface area contributed by atoms with Crippen molar-refractivity contribution >= 4 is 16.9 Å². The highest BCUT2D eigenvalue weighted by atomic mass is 16.3. The number of hydrogen-bond acceptors (Lipinski definition) is 5. The second-order valence-corrected chi connectivity index (χ2v) is 4.96. The highest BCUT2D eigenvalue weighted by molar-refractivity contribution is 5.87. The Bertz CT molecular complexity index is 567. The van der Waals surface area contributed by atoms with Gasteiger partial charge in [-0.1, -0.05) is 6.92 Å². The van der Waals surface area contributed by atoms with Crippen LogP contribution in [-0.2, 0) is 0 Å². The Labute approximate surface area is 105 Å². The minimum absolute atomic E-state index is 0.161. The standard InChI is InChI=1S/C12H17N5O/c1-6-2-7(4-18)17-9(6)8-3-14-11-10(8)15-5-16-12(11)13/h3,5-7,9,14,17-18H,2,4H2,1H3,(H2,13,15,16)/t6-,7-,9+/m0/s1. The van der Waals surface area contributed by atoms with Gasteiger partial charge >= 0.3 is 0 Å². The van der Waals surface area contributed by atoms with Crippen molar-refractivity contribution in [1.29, 1.82) is 0 Å². The summed E-state index contributed by atoms with van der Waals surface area (Å²) in [6, 6.07) is 0.360. The minimum Gasteiger partial charge on any atom is -0.395 e. The number of nitrogens with zero attached hydrogens (tertiary/aromatic N) is 2. The van der Waals surface area contributed by atoms with Crippen LogP contribution in [0, 0.1) is 5.92 Å². The van der Waals surface area contributed by atoms with E-state index in [0.29, 0.717) is 11.7 Å². The molecule has 2 aromatic rings. The lowest BCUT2D eigenvalue weighted by molar-refractivity contribution is 0.251. The average molecular weight is 247 g/mol. The lowest BCUT2D eigenvalue weighted by Gasteiger charge is -2.14. The third-order valence-electron chi connectivity index (χ3n) is 3.72. The quantitative estimate of drug-likeness (QED) is 0.621. The molecule has 18 heavy (non-hydrogen) atoms. The number of aliphatic hydroxyl groups is 1. The number of H-pyrrole nitrogens is 1. The molecule has 0 unspecified atom stereocenters. The molecule has 0 radical (unpaired) electrons. The van der Waals surface area contributed by atoms with Gasteiger partial charge in [0.2, 0.25) is 0 Å². The number of anilines is 1. The third-order valence-corrected chi connectivity index (χ3v) is 3.72. The molecule has 1 saturated heterocycles. The van der Waals surface area contributed by atoms with Crippen LogP contribution in [0.4, 0.5) is 5.82 Å². The Balaban J connectivity index is 2.02. The fraction of sp³-hybridized carbons (Fsp3) is 0.500. The summed E-state index contributed by atoms with van der Waals surface area (Å²) in [7, 11) is 0. The molecule has 6 heteroatoms.